The Morgan fingerprint density at radius 1 is 1.12 bits per heavy atom. The van der Waals surface area contributed by atoms with Crippen LogP contribution in [0.15, 0.2) is 42.5 Å². The highest BCUT2D eigenvalue weighted by Crippen LogP contribution is 2.20. The van der Waals surface area contributed by atoms with Crippen molar-refractivity contribution in [2.24, 2.45) is 0 Å². The lowest BCUT2D eigenvalue weighted by Crippen LogP contribution is -1.90. The topological polar surface area (TPSA) is 32.3 Å². The largest absolute Gasteiger partial charge is 0.507 e. The van der Waals surface area contributed by atoms with Gasteiger partial charge in [-0.1, -0.05) is 19.1 Å². The quantitative estimate of drug-likeness (QED) is 0.816. The van der Waals surface area contributed by atoms with Crippen LogP contribution in [0, 0.1) is 6.07 Å². The second-order valence-corrected chi connectivity index (χ2v) is 3.64. The highest BCUT2D eigenvalue weighted by Gasteiger charge is 1.96. The van der Waals surface area contributed by atoms with E-state index in [-0.39, 0.29) is 5.75 Å². The molecule has 0 fully saturated rings. The van der Waals surface area contributed by atoms with E-state index in [1.54, 1.807) is 12.1 Å². The minimum Gasteiger partial charge on any atom is -0.507 e. The standard InChI is InChI=1S/C14H14NO/c1-2-11-6-8-12(9-7-11)15-13-4-3-5-14(16)10-13/h3-4,6-10,15-16H,2H2,1H3. The van der Waals surface area contributed by atoms with Crippen molar-refractivity contribution >= 4 is 11.4 Å². The minimum absolute atomic E-state index is 0.148. The van der Waals surface area contributed by atoms with Crippen LogP contribution in [-0.2, 0) is 6.42 Å². The van der Waals surface area contributed by atoms with Crippen LogP contribution in [0.5, 0.6) is 5.75 Å². The lowest BCUT2D eigenvalue weighted by atomic mass is 10.1. The Kier molecular flexibility index (Phi) is 3.10. The molecule has 0 aliphatic heterocycles. The summed E-state index contributed by atoms with van der Waals surface area (Å²) in [7, 11) is 0. The predicted molar refractivity (Wildman–Crippen MR) is 66.0 cm³/mol. The Labute approximate surface area is 95.6 Å². The average Bonchev–Trinajstić information content (AvgIpc) is 2.30. The number of aryl methyl sites for hydroxylation is 1. The molecule has 0 saturated heterocycles. The molecule has 1 radical (unpaired) electrons. The Morgan fingerprint density at radius 2 is 1.88 bits per heavy atom. The van der Waals surface area contributed by atoms with E-state index in [0.717, 1.165) is 17.8 Å². The van der Waals surface area contributed by atoms with Crippen molar-refractivity contribution in [2.45, 2.75) is 13.3 Å². The van der Waals surface area contributed by atoms with Gasteiger partial charge in [-0.3, -0.25) is 0 Å². The van der Waals surface area contributed by atoms with E-state index in [0.29, 0.717) is 0 Å². The summed E-state index contributed by atoms with van der Waals surface area (Å²) in [5, 5.41) is 12.5. The predicted octanol–water partition coefficient (Wildman–Crippen LogP) is 3.50. The summed E-state index contributed by atoms with van der Waals surface area (Å²) in [4.78, 5) is 0. The summed E-state index contributed by atoms with van der Waals surface area (Å²) in [6.07, 6.45) is 1.04. The van der Waals surface area contributed by atoms with Crippen LogP contribution in [0.4, 0.5) is 11.4 Å². The van der Waals surface area contributed by atoms with Gasteiger partial charge in [0.15, 0.2) is 0 Å². The summed E-state index contributed by atoms with van der Waals surface area (Å²) in [5.74, 6) is 0.148. The number of hydrogen-bond acceptors (Lipinski definition) is 2. The molecule has 0 aliphatic carbocycles. The molecular formula is C14H14NO. The number of rotatable bonds is 3. The normalized spacial score (nSPS) is 10.1. The lowest BCUT2D eigenvalue weighted by molar-refractivity contribution is 0.474. The summed E-state index contributed by atoms with van der Waals surface area (Å²) in [6, 6.07) is 16.2. The minimum atomic E-state index is 0.148. The second-order valence-electron chi connectivity index (χ2n) is 3.64. The van der Waals surface area contributed by atoms with Crippen LogP contribution in [0.1, 0.15) is 12.5 Å². The third kappa shape index (κ3) is 2.54. The van der Waals surface area contributed by atoms with Gasteiger partial charge in [0.05, 0.1) is 0 Å². The van der Waals surface area contributed by atoms with Gasteiger partial charge in [0.1, 0.15) is 5.75 Å². The molecule has 0 aromatic heterocycles. The molecule has 0 spiro atoms. The molecule has 2 rings (SSSR count). The van der Waals surface area contributed by atoms with E-state index in [1.165, 1.54) is 5.56 Å². The molecule has 2 N–H and O–H groups in total. The summed E-state index contributed by atoms with van der Waals surface area (Å²) in [6.45, 7) is 2.13. The smallest absolute Gasteiger partial charge is 0.125 e. The monoisotopic (exact) mass is 212 g/mol. The van der Waals surface area contributed by atoms with Gasteiger partial charge in [0.25, 0.3) is 0 Å². The zero-order valence-electron chi connectivity index (χ0n) is 9.20. The van der Waals surface area contributed by atoms with E-state index in [4.69, 9.17) is 0 Å². The van der Waals surface area contributed by atoms with Crippen molar-refractivity contribution in [3.8, 4) is 5.75 Å². The molecule has 2 heteroatoms. The van der Waals surface area contributed by atoms with E-state index in [9.17, 15) is 5.11 Å². The SMILES string of the molecule is CCc1ccc(Nc2cc[c]c(O)c2)cc1. The third-order valence-electron chi connectivity index (χ3n) is 2.44. The molecule has 16 heavy (non-hydrogen) atoms. The van der Waals surface area contributed by atoms with Crippen molar-refractivity contribution < 1.29 is 5.11 Å². The zero-order valence-corrected chi connectivity index (χ0v) is 9.20. The molecule has 0 amide bonds. The van der Waals surface area contributed by atoms with Crippen molar-refractivity contribution in [1.82, 2.24) is 0 Å². The van der Waals surface area contributed by atoms with Crippen molar-refractivity contribution in [3.63, 3.8) is 0 Å². The Balaban J connectivity index is 2.14. The number of hydrogen-bond donors (Lipinski definition) is 2. The second kappa shape index (κ2) is 4.71. The van der Waals surface area contributed by atoms with E-state index in [1.807, 2.05) is 18.2 Å². The first kappa shape index (κ1) is 10.6. The fourth-order valence-corrected chi connectivity index (χ4v) is 1.52. The number of anilines is 2. The first-order valence-electron chi connectivity index (χ1n) is 5.34. The van der Waals surface area contributed by atoms with E-state index in [2.05, 4.69) is 30.4 Å². The summed E-state index contributed by atoms with van der Waals surface area (Å²) < 4.78 is 0. The van der Waals surface area contributed by atoms with Crippen LogP contribution in [0.25, 0.3) is 0 Å². The Bertz CT molecular complexity index is 462. The summed E-state index contributed by atoms with van der Waals surface area (Å²) >= 11 is 0. The molecule has 0 bridgehead atoms. The van der Waals surface area contributed by atoms with Gasteiger partial charge in [-0.05, 0) is 36.2 Å². The number of nitrogens with one attached hydrogen (secondary N) is 1. The van der Waals surface area contributed by atoms with Gasteiger partial charge in [0.2, 0.25) is 0 Å². The van der Waals surface area contributed by atoms with Crippen LogP contribution in [0.3, 0.4) is 0 Å². The zero-order chi connectivity index (χ0) is 11.4. The fraction of sp³-hybridized carbons (Fsp3) is 0.143. The van der Waals surface area contributed by atoms with Crippen molar-refractivity contribution in [2.75, 3.05) is 5.32 Å². The maximum Gasteiger partial charge on any atom is 0.125 e. The maximum absolute atomic E-state index is 9.28. The first-order valence-corrected chi connectivity index (χ1v) is 5.34. The van der Waals surface area contributed by atoms with Gasteiger partial charge in [-0.25, -0.2) is 0 Å². The Morgan fingerprint density at radius 3 is 2.50 bits per heavy atom. The highest BCUT2D eigenvalue weighted by molar-refractivity contribution is 5.61. The van der Waals surface area contributed by atoms with Gasteiger partial charge in [-0.2, -0.15) is 0 Å². The first-order chi connectivity index (χ1) is 7.78. The fourth-order valence-electron chi connectivity index (χ4n) is 1.52. The molecule has 2 nitrogen and oxygen atoms in total. The van der Waals surface area contributed by atoms with Crippen LogP contribution in [-0.4, -0.2) is 5.11 Å². The Hall–Kier alpha value is -1.96. The molecule has 2 aromatic rings. The number of phenolic OH excluding ortho intramolecular Hbond substituents is 1. The molecule has 0 saturated carbocycles. The average molecular weight is 212 g/mol. The molecular weight excluding hydrogens is 198 g/mol. The van der Waals surface area contributed by atoms with Gasteiger partial charge in [-0.15, -0.1) is 0 Å². The maximum atomic E-state index is 9.28. The number of aromatic hydroxyl groups is 1. The van der Waals surface area contributed by atoms with Crippen LogP contribution >= 0.6 is 0 Å². The third-order valence-corrected chi connectivity index (χ3v) is 2.44. The van der Waals surface area contributed by atoms with Crippen molar-refractivity contribution in [1.29, 1.82) is 0 Å². The summed E-state index contributed by atoms with van der Waals surface area (Å²) in [5.41, 5.74) is 3.19. The molecule has 81 valence electrons. The van der Waals surface area contributed by atoms with Crippen LogP contribution in [0.2, 0.25) is 0 Å². The molecule has 0 heterocycles. The van der Waals surface area contributed by atoms with Crippen molar-refractivity contribution in [3.05, 3.63) is 54.1 Å². The number of phenols is 1. The van der Waals surface area contributed by atoms with E-state index < -0.39 is 0 Å². The highest BCUT2D eigenvalue weighted by atomic mass is 16.3. The van der Waals surface area contributed by atoms with Gasteiger partial charge < -0.3 is 10.4 Å². The molecule has 0 atom stereocenters. The van der Waals surface area contributed by atoms with Crippen LogP contribution < -0.4 is 5.32 Å². The molecule has 0 unspecified atom stereocenters. The van der Waals surface area contributed by atoms with Gasteiger partial charge in [0, 0.05) is 23.5 Å². The number of benzene rings is 2. The molecule has 2 aromatic carbocycles. The molecule has 0 aliphatic rings. The van der Waals surface area contributed by atoms with Gasteiger partial charge >= 0.3 is 0 Å². The van der Waals surface area contributed by atoms with E-state index >= 15 is 0 Å². The lowest BCUT2D eigenvalue weighted by Gasteiger charge is -2.07.